The monoisotopic (exact) mass is 533 g/mol. The average Bonchev–Trinajstić information content (AvgIpc) is 3.37. The van der Waals surface area contributed by atoms with E-state index in [0.29, 0.717) is 5.82 Å². The molecule has 2 N–H and O–H groups in total. The van der Waals surface area contributed by atoms with Crippen LogP contribution in [0, 0.1) is 11.2 Å². The van der Waals surface area contributed by atoms with Crippen LogP contribution in [0.2, 0.25) is 0 Å². The highest BCUT2D eigenvalue weighted by Gasteiger charge is 2.33. The Morgan fingerprint density at radius 2 is 2.17 bits per heavy atom. The van der Waals surface area contributed by atoms with Crippen molar-refractivity contribution in [2.45, 2.75) is 58.4 Å². The molecule has 3 rings (SSSR count). The number of aromatic nitrogens is 1. The number of pyridine rings is 1. The van der Waals surface area contributed by atoms with Crippen molar-refractivity contribution in [2.75, 3.05) is 44.3 Å². The summed E-state index contributed by atoms with van der Waals surface area (Å²) in [7, 11) is 0. The number of rotatable bonds is 9. The molecule has 30 heavy (non-hydrogen) atoms. The van der Waals surface area contributed by atoms with Gasteiger partial charge in [0, 0.05) is 51.6 Å². The largest absolute Gasteiger partial charge is 0.382 e. The molecule has 1 saturated carbocycles. The van der Waals surface area contributed by atoms with Gasteiger partial charge in [0.1, 0.15) is 0 Å². The highest BCUT2D eigenvalue weighted by molar-refractivity contribution is 14.0. The van der Waals surface area contributed by atoms with Crippen LogP contribution in [0.1, 0.15) is 52.4 Å². The molecule has 0 aromatic carbocycles. The van der Waals surface area contributed by atoms with Crippen molar-refractivity contribution in [1.82, 2.24) is 15.6 Å². The lowest BCUT2D eigenvalue weighted by molar-refractivity contribution is 0.107. The zero-order valence-corrected chi connectivity index (χ0v) is 20.7. The van der Waals surface area contributed by atoms with Gasteiger partial charge in [-0.05, 0) is 57.1 Å². The smallest absolute Gasteiger partial charge is 0.191 e. The van der Waals surface area contributed by atoms with Gasteiger partial charge in [-0.25, -0.2) is 9.37 Å². The molecule has 1 aromatic heterocycles. The van der Waals surface area contributed by atoms with E-state index in [1.165, 1.54) is 31.7 Å². The van der Waals surface area contributed by atoms with Gasteiger partial charge in [0.25, 0.3) is 0 Å². The number of anilines is 1. The lowest BCUT2D eigenvalue weighted by atomic mass is 9.83. The molecule has 0 bridgehead atoms. The van der Waals surface area contributed by atoms with E-state index < -0.39 is 0 Å². The third-order valence-electron chi connectivity index (χ3n) is 6.13. The lowest BCUT2D eigenvalue weighted by Gasteiger charge is -2.28. The molecule has 1 saturated heterocycles. The summed E-state index contributed by atoms with van der Waals surface area (Å²) in [6, 6.07) is 3.33. The Balaban J connectivity index is 0.00000320. The second-order valence-corrected chi connectivity index (χ2v) is 8.23. The Labute approximate surface area is 197 Å². The van der Waals surface area contributed by atoms with Gasteiger partial charge in [-0.3, -0.25) is 4.99 Å². The van der Waals surface area contributed by atoms with Gasteiger partial charge in [-0.15, -0.1) is 24.0 Å². The molecule has 0 spiro atoms. The van der Waals surface area contributed by atoms with Crippen LogP contribution in [0.4, 0.5) is 10.2 Å². The topological polar surface area (TPSA) is 61.8 Å². The summed E-state index contributed by atoms with van der Waals surface area (Å²) in [5.41, 5.74) is 0.274. The van der Waals surface area contributed by atoms with Gasteiger partial charge in [-0.1, -0.05) is 12.8 Å². The summed E-state index contributed by atoms with van der Waals surface area (Å²) < 4.78 is 19.7. The molecule has 1 aromatic rings. The first-order chi connectivity index (χ1) is 14.2. The Morgan fingerprint density at radius 3 is 2.87 bits per heavy atom. The third-order valence-corrected chi connectivity index (χ3v) is 6.13. The number of ether oxygens (including phenoxy) is 1. The molecule has 2 fully saturated rings. The van der Waals surface area contributed by atoms with E-state index in [1.54, 1.807) is 12.3 Å². The maximum atomic E-state index is 14.0. The fourth-order valence-electron chi connectivity index (χ4n) is 4.49. The summed E-state index contributed by atoms with van der Waals surface area (Å²) in [6.07, 6.45) is 8.72. The number of hydrogen-bond donors (Lipinski definition) is 2. The Hall–Kier alpha value is -1.16. The zero-order chi connectivity index (χ0) is 20.5. The number of halogens is 2. The molecule has 2 heterocycles. The van der Waals surface area contributed by atoms with Crippen molar-refractivity contribution in [2.24, 2.45) is 10.4 Å². The number of hydrogen-bond acceptors (Lipinski definition) is 4. The summed E-state index contributed by atoms with van der Waals surface area (Å²) in [5, 5.41) is 6.94. The summed E-state index contributed by atoms with van der Waals surface area (Å²) >= 11 is 0. The van der Waals surface area contributed by atoms with Crippen LogP contribution in [0.5, 0.6) is 0 Å². The second kappa shape index (κ2) is 12.6. The highest BCUT2D eigenvalue weighted by Crippen LogP contribution is 2.41. The first-order valence-corrected chi connectivity index (χ1v) is 11.1. The van der Waals surface area contributed by atoms with E-state index >= 15 is 0 Å². The lowest BCUT2D eigenvalue weighted by Crippen LogP contribution is -2.45. The molecular formula is C22H37FIN5O. The van der Waals surface area contributed by atoms with E-state index in [9.17, 15) is 4.39 Å². The van der Waals surface area contributed by atoms with E-state index in [0.717, 1.165) is 58.2 Å². The second-order valence-electron chi connectivity index (χ2n) is 8.23. The van der Waals surface area contributed by atoms with Crippen LogP contribution in [0.3, 0.4) is 0 Å². The van der Waals surface area contributed by atoms with E-state index in [-0.39, 0.29) is 41.3 Å². The summed E-state index contributed by atoms with van der Waals surface area (Å²) in [4.78, 5) is 11.2. The van der Waals surface area contributed by atoms with Crippen LogP contribution in [-0.2, 0) is 4.74 Å². The number of guanidine groups is 1. The standard InChI is InChI=1S/C22H36FN5O.HI/c1-3-24-21(26-17-22(10-5-6-11-22)12-15-29-4-2)27-18-9-14-28(16-18)20-19(23)8-7-13-25-20;/h7-8,13,18H,3-6,9-12,14-17H2,1-2H3,(H2,24,26,27);1H. The van der Waals surface area contributed by atoms with Gasteiger partial charge in [0.05, 0.1) is 0 Å². The quantitative estimate of drug-likeness (QED) is 0.218. The van der Waals surface area contributed by atoms with Crippen molar-refractivity contribution >= 4 is 35.8 Å². The highest BCUT2D eigenvalue weighted by atomic mass is 127. The van der Waals surface area contributed by atoms with Crippen molar-refractivity contribution < 1.29 is 9.13 Å². The SMILES string of the molecule is CCNC(=NCC1(CCOCC)CCCC1)NC1CCN(c2ncccc2F)C1.I. The average molecular weight is 533 g/mol. The minimum absolute atomic E-state index is 0. The van der Waals surface area contributed by atoms with Gasteiger partial charge in [0.15, 0.2) is 17.6 Å². The first kappa shape index (κ1) is 25.1. The molecule has 1 atom stereocenters. The third kappa shape index (κ3) is 6.93. The van der Waals surface area contributed by atoms with Crippen LogP contribution < -0.4 is 15.5 Å². The molecule has 1 unspecified atom stereocenters. The van der Waals surface area contributed by atoms with Crippen LogP contribution in [0.25, 0.3) is 0 Å². The number of nitrogens with zero attached hydrogens (tertiary/aromatic N) is 3. The van der Waals surface area contributed by atoms with Crippen LogP contribution >= 0.6 is 24.0 Å². The minimum Gasteiger partial charge on any atom is -0.382 e. The number of nitrogens with one attached hydrogen (secondary N) is 2. The summed E-state index contributed by atoms with van der Waals surface area (Å²) in [5.74, 6) is 1.05. The predicted molar refractivity (Wildman–Crippen MR) is 131 cm³/mol. The molecule has 1 aliphatic carbocycles. The molecular weight excluding hydrogens is 496 g/mol. The van der Waals surface area contributed by atoms with E-state index in [4.69, 9.17) is 9.73 Å². The normalized spacial score (nSPS) is 20.8. The van der Waals surface area contributed by atoms with Gasteiger partial charge >= 0.3 is 0 Å². The van der Waals surface area contributed by atoms with E-state index in [1.807, 2.05) is 11.8 Å². The van der Waals surface area contributed by atoms with Gasteiger partial charge in [-0.2, -0.15) is 0 Å². The molecule has 0 amide bonds. The number of aliphatic imine (C=N–C) groups is 1. The molecule has 1 aliphatic heterocycles. The van der Waals surface area contributed by atoms with Crippen LogP contribution in [0.15, 0.2) is 23.3 Å². The Morgan fingerprint density at radius 1 is 1.37 bits per heavy atom. The molecule has 0 radical (unpaired) electrons. The Kier molecular flexibility index (Phi) is 10.6. The van der Waals surface area contributed by atoms with Gasteiger partial charge in [0.2, 0.25) is 0 Å². The summed E-state index contributed by atoms with van der Waals surface area (Å²) in [6.45, 7) is 8.92. The minimum atomic E-state index is -0.258. The molecule has 170 valence electrons. The fraction of sp³-hybridized carbons (Fsp3) is 0.727. The molecule has 2 aliphatic rings. The van der Waals surface area contributed by atoms with Crippen LogP contribution in [-0.4, -0.2) is 56.4 Å². The predicted octanol–water partition coefficient (Wildman–Crippen LogP) is 3.96. The first-order valence-electron chi connectivity index (χ1n) is 11.1. The Bertz CT molecular complexity index is 669. The fourth-order valence-corrected chi connectivity index (χ4v) is 4.49. The van der Waals surface area contributed by atoms with E-state index in [2.05, 4.69) is 22.5 Å². The zero-order valence-electron chi connectivity index (χ0n) is 18.3. The maximum absolute atomic E-state index is 14.0. The molecule has 6 nitrogen and oxygen atoms in total. The van der Waals surface area contributed by atoms with Crippen molar-refractivity contribution in [3.63, 3.8) is 0 Å². The van der Waals surface area contributed by atoms with Crippen molar-refractivity contribution in [1.29, 1.82) is 0 Å². The van der Waals surface area contributed by atoms with Crippen molar-refractivity contribution in [3.05, 3.63) is 24.1 Å². The van der Waals surface area contributed by atoms with Gasteiger partial charge < -0.3 is 20.3 Å². The van der Waals surface area contributed by atoms with Crippen molar-refractivity contribution in [3.8, 4) is 0 Å². The molecule has 8 heteroatoms. The maximum Gasteiger partial charge on any atom is 0.191 e.